The van der Waals surface area contributed by atoms with Gasteiger partial charge in [-0.1, -0.05) is 11.6 Å². The first kappa shape index (κ1) is 13.4. The normalized spacial score (nSPS) is 11.2. The van der Waals surface area contributed by atoms with E-state index in [0.29, 0.717) is 0 Å². The number of nitrogens with zero attached hydrogens (tertiary/aromatic N) is 1. The molecule has 0 aliphatic heterocycles. The zero-order valence-electron chi connectivity index (χ0n) is 9.29. The Morgan fingerprint density at radius 3 is 2.68 bits per heavy atom. The average molecular weight is 302 g/mol. The molecule has 0 atom stereocenters. The summed E-state index contributed by atoms with van der Waals surface area (Å²) in [6.07, 6.45) is 2.66. The number of benzene rings is 1. The molecule has 19 heavy (non-hydrogen) atoms. The fourth-order valence-electron chi connectivity index (χ4n) is 1.36. The van der Waals surface area contributed by atoms with Crippen molar-refractivity contribution in [3.8, 4) is 0 Å². The van der Waals surface area contributed by atoms with Crippen LogP contribution in [0.3, 0.4) is 0 Å². The summed E-state index contributed by atoms with van der Waals surface area (Å²) in [5, 5.41) is 14.7. The highest BCUT2D eigenvalue weighted by atomic mass is 35.5. The lowest BCUT2D eigenvalue weighted by molar-refractivity contribution is 0.0697. The second kappa shape index (κ2) is 4.90. The van der Waals surface area contributed by atoms with Crippen molar-refractivity contribution in [1.29, 1.82) is 0 Å². The Balaban J connectivity index is 2.36. The first-order valence-corrected chi connectivity index (χ1v) is 6.81. The van der Waals surface area contributed by atoms with E-state index in [1.165, 1.54) is 12.4 Å². The van der Waals surface area contributed by atoms with Crippen LogP contribution in [-0.2, 0) is 10.0 Å². The molecule has 7 nitrogen and oxygen atoms in total. The summed E-state index contributed by atoms with van der Waals surface area (Å²) in [6, 6.07) is 3.37. The minimum absolute atomic E-state index is 0.135. The molecule has 0 unspecified atom stereocenters. The molecule has 2 aromatic rings. The van der Waals surface area contributed by atoms with E-state index < -0.39 is 16.0 Å². The quantitative estimate of drug-likeness (QED) is 0.793. The van der Waals surface area contributed by atoms with Crippen molar-refractivity contribution in [2.75, 3.05) is 4.72 Å². The lowest BCUT2D eigenvalue weighted by Crippen LogP contribution is -2.13. The predicted octanol–water partition coefficient (Wildman–Crippen LogP) is 1.56. The van der Waals surface area contributed by atoms with E-state index in [9.17, 15) is 13.2 Å². The van der Waals surface area contributed by atoms with Gasteiger partial charge in [-0.3, -0.25) is 9.82 Å². The zero-order valence-corrected chi connectivity index (χ0v) is 10.9. The van der Waals surface area contributed by atoms with Gasteiger partial charge in [0.15, 0.2) is 0 Å². The van der Waals surface area contributed by atoms with Gasteiger partial charge in [0, 0.05) is 6.20 Å². The molecule has 1 heterocycles. The molecule has 0 spiro atoms. The third-order valence-electron chi connectivity index (χ3n) is 2.23. The number of sulfonamides is 1. The number of hydrogen-bond donors (Lipinski definition) is 3. The number of aromatic nitrogens is 2. The van der Waals surface area contributed by atoms with Gasteiger partial charge in [0.25, 0.3) is 10.0 Å². The molecule has 0 aliphatic rings. The van der Waals surface area contributed by atoms with Gasteiger partial charge in [-0.2, -0.15) is 5.10 Å². The molecular weight excluding hydrogens is 294 g/mol. The van der Waals surface area contributed by atoms with Crippen LogP contribution in [0.25, 0.3) is 0 Å². The highest BCUT2D eigenvalue weighted by molar-refractivity contribution is 7.92. The molecule has 0 radical (unpaired) electrons. The van der Waals surface area contributed by atoms with Crippen molar-refractivity contribution in [3.63, 3.8) is 0 Å². The molecule has 0 amide bonds. The Labute approximate surface area is 113 Å². The summed E-state index contributed by atoms with van der Waals surface area (Å²) in [4.78, 5) is 10.6. The van der Waals surface area contributed by atoms with Gasteiger partial charge in [0.1, 0.15) is 0 Å². The molecule has 1 aromatic carbocycles. The van der Waals surface area contributed by atoms with Crippen molar-refractivity contribution in [1.82, 2.24) is 10.2 Å². The average Bonchev–Trinajstić information content (AvgIpc) is 2.80. The SMILES string of the molecule is O=C(O)c1ccc(S(=O)(=O)Nc2cn[nH]c2)cc1Cl. The Kier molecular flexibility index (Phi) is 3.45. The number of nitrogens with one attached hydrogen (secondary N) is 2. The molecule has 2 rings (SSSR count). The predicted molar refractivity (Wildman–Crippen MR) is 67.8 cm³/mol. The molecule has 0 aliphatic carbocycles. The van der Waals surface area contributed by atoms with E-state index in [-0.39, 0.29) is 21.2 Å². The number of halogens is 1. The van der Waals surface area contributed by atoms with Crippen LogP contribution in [0, 0.1) is 0 Å². The Morgan fingerprint density at radius 2 is 2.16 bits per heavy atom. The fraction of sp³-hybridized carbons (Fsp3) is 0. The number of anilines is 1. The van der Waals surface area contributed by atoms with Gasteiger partial charge in [0.2, 0.25) is 0 Å². The lowest BCUT2D eigenvalue weighted by atomic mass is 10.2. The third kappa shape index (κ3) is 2.85. The van der Waals surface area contributed by atoms with E-state index in [1.54, 1.807) is 0 Å². The van der Waals surface area contributed by atoms with Crippen molar-refractivity contribution in [2.24, 2.45) is 0 Å². The van der Waals surface area contributed by atoms with Crippen molar-refractivity contribution in [3.05, 3.63) is 41.2 Å². The molecule has 1 aromatic heterocycles. The van der Waals surface area contributed by atoms with Crippen LogP contribution < -0.4 is 4.72 Å². The molecule has 0 saturated carbocycles. The fourth-order valence-corrected chi connectivity index (χ4v) is 2.74. The summed E-state index contributed by atoms with van der Waals surface area (Å²) < 4.78 is 26.2. The van der Waals surface area contributed by atoms with Crippen LogP contribution in [-0.4, -0.2) is 29.7 Å². The number of hydrogen-bond acceptors (Lipinski definition) is 4. The van der Waals surface area contributed by atoms with E-state index in [2.05, 4.69) is 14.9 Å². The van der Waals surface area contributed by atoms with E-state index in [4.69, 9.17) is 16.7 Å². The summed E-state index contributed by atoms with van der Waals surface area (Å²) in [7, 11) is -3.84. The minimum atomic E-state index is -3.84. The summed E-state index contributed by atoms with van der Waals surface area (Å²) in [5.41, 5.74) is 0.0994. The van der Waals surface area contributed by atoms with Gasteiger partial charge in [0.05, 0.1) is 27.4 Å². The van der Waals surface area contributed by atoms with Crippen LogP contribution in [0.5, 0.6) is 0 Å². The van der Waals surface area contributed by atoms with Crippen LogP contribution in [0.4, 0.5) is 5.69 Å². The third-order valence-corrected chi connectivity index (χ3v) is 3.92. The largest absolute Gasteiger partial charge is 0.478 e. The summed E-state index contributed by atoms with van der Waals surface area (Å²) >= 11 is 5.72. The number of aromatic amines is 1. The maximum atomic E-state index is 12.0. The van der Waals surface area contributed by atoms with Crippen molar-refractivity contribution >= 4 is 33.3 Å². The first-order chi connectivity index (χ1) is 8.90. The molecular formula is C10H8ClN3O4S. The number of aromatic carboxylic acids is 1. The molecule has 100 valence electrons. The summed E-state index contributed by atoms with van der Waals surface area (Å²) in [6.45, 7) is 0. The highest BCUT2D eigenvalue weighted by Crippen LogP contribution is 2.22. The van der Waals surface area contributed by atoms with Gasteiger partial charge < -0.3 is 5.11 Å². The Bertz CT molecular complexity index is 712. The topological polar surface area (TPSA) is 112 Å². The Hall–Kier alpha value is -2.06. The molecule has 0 fully saturated rings. The molecule has 9 heteroatoms. The smallest absolute Gasteiger partial charge is 0.337 e. The van der Waals surface area contributed by atoms with Gasteiger partial charge in [-0.25, -0.2) is 13.2 Å². The van der Waals surface area contributed by atoms with E-state index in [0.717, 1.165) is 18.2 Å². The van der Waals surface area contributed by atoms with Gasteiger partial charge >= 0.3 is 5.97 Å². The van der Waals surface area contributed by atoms with Gasteiger partial charge in [-0.05, 0) is 18.2 Å². The van der Waals surface area contributed by atoms with Crippen LogP contribution in [0.1, 0.15) is 10.4 Å². The number of carboxylic acids is 1. The summed E-state index contributed by atoms with van der Waals surface area (Å²) in [5.74, 6) is -1.23. The minimum Gasteiger partial charge on any atom is -0.478 e. The Morgan fingerprint density at radius 1 is 1.42 bits per heavy atom. The maximum Gasteiger partial charge on any atom is 0.337 e. The van der Waals surface area contributed by atoms with Crippen LogP contribution in [0.2, 0.25) is 5.02 Å². The number of H-pyrrole nitrogens is 1. The highest BCUT2D eigenvalue weighted by Gasteiger charge is 2.18. The number of carbonyl (C=O) groups is 1. The van der Waals surface area contributed by atoms with Crippen LogP contribution in [0.15, 0.2) is 35.5 Å². The van der Waals surface area contributed by atoms with Crippen molar-refractivity contribution in [2.45, 2.75) is 4.90 Å². The molecule has 0 saturated heterocycles. The monoisotopic (exact) mass is 301 g/mol. The van der Waals surface area contributed by atoms with Gasteiger partial charge in [-0.15, -0.1) is 0 Å². The van der Waals surface area contributed by atoms with Crippen LogP contribution >= 0.6 is 11.6 Å². The maximum absolute atomic E-state index is 12.0. The van der Waals surface area contributed by atoms with E-state index in [1.807, 2.05) is 0 Å². The second-order valence-electron chi connectivity index (χ2n) is 3.54. The lowest BCUT2D eigenvalue weighted by Gasteiger charge is -2.07. The molecule has 3 N–H and O–H groups in total. The zero-order chi connectivity index (χ0) is 14.0. The first-order valence-electron chi connectivity index (χ1n) is 4.94. The van der Waals surface area contributed by atoms with E-state index >= 15 is 0 Å². The number of carboxylic acid groups (broad SMARTS) is 1. The molecule has 0 bridgehead atoms. The number of rotatable bonds is 4. The standard InChI is InChI=1S/C10H8ClN3O4S/c11-9-3-7(1-2-8(9)10(15)16)19(17,18)14-6-4-12-13-5-6/h1-5,14H,(H,12,13)(H,15,16). The van der Waals surface area contributed by atoms with Crippen molar-refractivity contribution < 1.29 is 18.3 Å². The second-order valence-corrected chi connectivity index (χ2v) is 5.63.